The Hall–Kier alpha value is -3.23. The number of amides is 3. The van der Waals surface area contributed by atoms with Crippen LogP contribution in [0.3, 0.4) is 0 Å². The highest BCUT2D eigenvalue weighted by atomic mass is 16.5. The summed E-state index contributed by atoms with van der Waals surface area (Å²) in [5.74, 6) is -2.29. The van der Waals surface area contributed by atoms with Gasteiger partial charge in [-0.1, -0.05) is 80.9 Å². The zero-order chi connectivity index (χ0) is 29.2. The zero-order valence-electron chi connectivity index (χ0n) is 24.3. The van der Waals surface area contributed by atoms with Crippen molar-refractivity contribution >= 4 is 17.7 Å². The Morgan fingerprint density at radius 3 is 2.29 bits per heavy atom. The van der Waals surface area contributed by atoms with Crippen molar-refractivity contribution in [3.63, 3.8) is 0 Å². The highest BCUT2D eigenvalue weighted by molar-refractivity contribution is 5.99. The van der Waals surface area contributed by atoms with E-state index in [4.69, 9.17) is 4.74 Å². The average Bonchev–Trinajstić information content (AvgIpc) is 3.59. The first-order chi connectivity index (χ1) is 19.8. The van der Waals surface area contributed by atoms with E-state index in [0.29, 0.717) is 32.2 Å². The molecule has 3 aliphatic heterocycles. The van der Waals surface area contributed by atoms with E-state index in [1.165, 1.54) is 0 Å². The Labute approximate surface area is 242 Å². The van der Waals surface area contributed by atoms with E-state index in [1.807, 2.05) is 74.5 Å². The number of fused-ring (bicyclic) bond motifs is 1. The van der Waals surface area contributed by atoms with Crippen LogP contribution in [0.1, 0.15) is 64.0 Å². The molecule has 3 heterocycles. The van der Waals surface area contributed by atoms with Crippen molar-refractivity contribution in [2.45, 2.75) is 95.2 Å². The summed E-state index contributed by atoms with van der Waals surface area (Å²) in [6, 6.07) is 17.7. The summed E-state index contributed by atoms with van der Waals surface area (Å²) in [5.41, 5.74) is -0.00797. The Bertz CT molecular complexity index is 1240. The van der Waals surface area contributed by atoms with Gasteiger partial charge in [-0.15, -0.1) is 0 Å². The number of aliphatic hydroxyl groups is 1. The van der Waals surface area contributed by atoms with Crippen LogP contribution < -0.4 is 10.6 Å². The van der Waals surface area contributed by atoms with E-state index in [2.05, 4.69) is 17.6 Å². The van der Waals surface area contributed by atoms with Gasteiger partial charge < -0.3 is 25.4 Å². The van der Waals surface area contributed by atoms with Crippen molar-refractivity contribution in [3.05, 3.63) is 71.8 Å². The molecule has 41 heavy (non-hydrogen) atoms. The molecule has 2 aromatic carbocycles. The van der Waals surface area contributed by atoms with Crippen molar-refractivity contribution < 1.29 is 24.2 Å². The molecule has 5 rings (SSSR count). The lowest BCUT2D eigenvalue weighted by Gasteiger charge is -2.38. The molecule has 3 amide bonds. The molecule has 0 aliphatic carbocycles. The molecule has 0 saturated carbocycles. The molecule has 0 aromatic heterocycles. The predicted octanol–water partition coefficient (Wildman–Crippen LogP) is 3.37. The third-order valence-corrected chi connectivity index (χ3v) is 9.49. The topological polar surface area (TPSA) is 108 Å². The van der Waals surface area contributed by atoms with Crippen LogP contribution in [0.25, 0.3) is 0 Å². The molecule has 3 saturated heterocycles. The lowest BCUT2D eigenvalue weighted by molar-refractivity contribution is -0.151. The van der Waals surface area contributed by atoms with E-state index in [1.54, 1.807) is 4.90 Å². The third kappa shape index (κ3) is 5.17. The minimum atomic E-state index is -1.12. The molecule has 8 nitrogen and oxygen atoms in total. The summed E-state index contributed by atoms with van der Waals surface area (Å²) in [6.07, 6.45) is 3.79. The maximum Gasteiger partial charge on any atom is 0.246 e. The van der Waals surface area contributed by atoms with Crippen LogP contribution in [-0.2, 0) is 32.1 Å². The van der Waals surface area contributed by atoms with E-state index in [0.717, 1.165) is 24.0 Å². The number of benzene rings is 2. The second kappa shape index (κ2) is 11.9. The summed E-state index contributed by atoms with van der Waals surface area (Å²) in [5, 5.41) is 16.8. The van der Waals surface area contributed by atoms with Crippen molar-refractivity contribution in [1.82, 2.24) is 15.5 Å². The number of carbonyl (C=O) groups is 3. The molecule has 0 radical (unpaired) electrons. The molecule has 1 spiro atoms. The second-order valence-corrected chi connectivity index (χ2v) is 12.0. The fraction of sp³-hybridized carbons (Fsp3) is 0.545. The van der Waals surface area contributed by atoms with Gasteiger partial charge in [-0.2, -0.15) is 0 Å². The largest absolute Gasteiger partial charge is 0.394 e. The summed E-state index contributed by atoms with van der Waals surface area (Å²) in [7, 11) is 0. The van der Waals surface area contributed by atoms with Gasteiger partial charge in [0.05, 0.1) is 30.1 Å². The lowest BCUT2D eigenvalue weighted by Crippen LogP contribution is -2.59. The van der Waals surface area contributed by atoms with Gasteiger partial charge in [0.25, 0.3) is 0 Å². The van der Waals surface area contributed by atoms with Gasteiger partial charge in [-0.05, 0) is 50.2 Å². The van der Waals surface area contributed by atoms with Crippen LogP contribution in [0.4, 0.5) is 0 Å². The highest BCUT2D eigenvalue weighted by Gasteiger charge is 2.79. The van der Waals surface area contributed by atoms with Crippen LogP contribution >= 0.6 is 0 Å². The van der Waals surface area contributed by atoms with Gasteiger partial charge in [0.15, 0.2) is 0 Å². The number of hydrogen-bond donors (Lipinski definition) is 3. The van der Waals surface area contributed by atoms with Gasteiger partial charge >= 0.3 is 0 Å². The minimum absolute atomic E-state index is 0.0784. The van der Waals surface area contributed by atoms with Gasteiger partial charge in [-0.25, -0.2) is 0 Å². The van der Waals surface area contributed by atoms with E-state index in [9.17, 15) is 19.5 Å². The molecular formula is C33H43N3O5. The van der Waals surface area contributed by atoms with E-state index >= 15 is 0 Å². The first kappa shape index (κ1) is 29.3. The Morgan fingerprint density at radius 2 is 1.68 bits per heavy atom. The monoisotopic (exact) mass is 561 g/mol. The number of aliphatic hydroxyl groups excluding tert-OH is 1. The maximum absolute atomic E-state index is 14.5. The van der Waals surface area contributed by atoms with Crippen LogP contribution in [0.15, 0.2) is 60.7 Å². The van der Waals surface area contributed by atoms with Gasteiger partial charge in [0, 0.05) is 12.6 Å². The Kier molecular flexibility index (Phi) is 8.52. The number of carbonyl (C=O) groups excluding carboxylic acids is 3. The van der Waals surface area contributed by atoms with Crippen molar-refractivity contribution in [2.75, 3.05) is 6.61 Å². The van der Waals surface area contributed by atoms with Crippen LogP contribution in [0.2, 0.25) is 0 Å². The first-order valence-corrected chi connectivity index (χ1v) is 15.1. The van der Waals surface area contributed by atoms with Gasteiger partial charge in [-0.3, -0.25) is 14.4 Å². The highest BCUT2D eigenvalue weighted by Crippen LogP contribution is 2.64. The molecule has 8 heteroatoms. The summed E-state index contributed by atoms with van der Waals surface area (Å²) >= 11 is 0. The van der Waals surface area contributed by atoms with Crippen LogP contribution in [-0.4, -0.2) is 63.7 Å². The van der Waals surface area contributed by atoms with E-state index in [-0.39, 0.29) is 30.4 Å². The molecule has 3 fully saturated rings. The molecule has 220 valence electrons. The number of rotatable bonds is 12. The number of hydrogen-bond acceptors (Lipinski definition) is 5. The molecule has 2 bridgehead atoms. The second-order valence-electron chi connectivity index (χ2n) is 12.0. The van der Waals surface area contributed by atoms with Crippen LogP contribution in [0.5, 0.6) is 0 Å². The number of ether oxygens (including phenoxy) is 1. The summed E-state index contributed by atoms with van der Waals surface area (Å²) in [4.78, 5) is 44.1. The fourth-order valence-electron chi connectivity index (χ4n) is 7.61. The SMILES string of the molecule is CCCC(C)NC(=O)C1N([C@@H](CO)Cc2ccccc2)C(=O)[C@@H]2[C@H](C(=O)NCc3ccccc3)[C@]3(CC)CCC12O3. The first-order valence-electron chi connectivity index (χ1n) is 15.1. The molecule has 3 aliphatic rings. The standard InChI is InChI=1S/C33H43N3O5/c1-4-12-22(3)35-30(39)28-33-18-17-32(5-2,41-33)26(29(38)34-20-24-15-10-7-11-16-24)27(33)31(40)36(28)25(21-37)19-23-13-8-6-9-14-23/h6-11,13-16,22,25-28,37H,4-5,12,17-21H2,1-3H3,(H,34,38)(H,35,39)/t22?,25-,26-,27+,28?,32+,33?/m1/s1. The number of likely N-dealkylation sites (tertiary alicyclic amines) is 1. The predicted molar refractivity (Wildman–Crippen MR) is 156 cm³/mol. The van der Waals surface area contributed by atoms with Gasteiger partial charge in [0.2, 0.25) is 17.7 Å². The van der Waals surface area contributed by atoms with Crippen molar-refractivity contribution in [3.8, 4) is 0 Å². The maximum atomic E-state index is 14.5. The summed E-state index contributed by atoms with van der Waals surface area (Å²) < 4.78 is 6.86. The van der Waals surface area contributed by atoms with Gasteiger partial charge in [0.1, 0.15) is 11.6 Å². The summed E-state index contributed by atoms with van der Waals surface area (Å²) in [6.45, 7) is 6.06. The van der Waals surface area contributed by atoms with Crippen molar-refractivity contribution in [1.29, 1.82) is 0 Å². The molecular weight excluding hydrogens is 518 g/mol. The Morgan fingerprint density at radius 1 is 1.02 bits per heavy atom. The molecule has 3 unspecified atom stereocenters. The van der Waals surface area contributed by atoms with Crippen LogP contribution in [0, 0.1) is 11.8 Å². The number of nitrogens with zero attached hydrogens (tertiary/aromatic N) is 1. The van der Waals surface area contributed by atoms with Crippen molar-refractivity contribution in [2.24, 2.45) is 11.8 Å². The molecule has 7 atom stereocenters. The zero-order valence-corrected chi connectivity index (χ0v) is 24.3. The normalized spacial score (nSPS) is 29.7. The minimum Gasteiger partial charge on any atom is -0.394 e. The fourth-order valence-corrected chi connectivity index (χ4v) is 7.61. The molecule has 2 aromatic rings. The van der Waals surface area contributed by atoms with E-state index < -0.39 is 35.1 Å². The number of nitrogens with one attached hydrogen (secondary N) is 2. The third-order valence-electron chi connectivity index (χ3n) is 9.49. The molecule has 3 N–H and O–H groups in total. The smallest absolute Gasteiger partial charge is 0.246 e. The Balaban J connectivity index is 1.51. The lowest BCUT2D eigenvalue weighted by atomic mass is 9.65. The quantitative estimate of drug-likeness (QED) is 0.368. The average molecular weight is 562 g/mol.